The maximum atomic E-state index is 13.9. The van der Waals surface area contributed by atoms with Crippen molar-refractivity contribution < 1.29 is 19.4 Å². The molecule has 1 saturated carbocycles. The summed E-state index contributed by atoms with van der Waals surface area (Å²) in [6.45, 7) is 6.22. The summed E-state index contributed by atoms with van der Waals surface area (Å²) in [5.41, 5.74) is 1.16. The predicted molar refractivity (Wildman–Crippen MR) is 142 cm³/mol. The highest BCUT2D eigenvalue weighted by Crippen LogP contribution is 2.50. The molecule has 1 heterocycles. The lowest BCUT2D eigenvalue weighted by Crippen LogP contribution is -2.47. The Hall–Kier alpha value is -2.08. The van der Waals surface area contributed by atoms with Gasteiger partial charge in [-0.2, -0.15) is 0 Å². The van der Waals surface area contributed by atoms with Crippen molar-refractivity contribution in [2.45, 2.75) is 77.7 Å². The number of nitrogens with zero attached hydrogens (tertiary/aromatic N) is 1. The van der Waals surface area contributed by atoms with Crippen molar-refractivity contribution in [2.75, 3.05) is 0 Å². The van der Waals surface area contributed by atoms with E-state index in [0.717, 1.165) is 36.8 Å². The number of carboxylic acids is 1. The molecule has 2 aromatic rings. The van der Waals surface area contributed by atoms with E-state index < -0.39 is 35.5 Å². The number of hydrogen-bond donors (Lipinski definition) is 1. The first-order valence-corrected chi connectivity index (χ1v) is 13.5. The van der Waals surface area contributed by atoms with E-state index in [1.807, 2.05) is 51.1 Å². The van der Waals surface area contributed by atoms with Crippen LogP contribution in [-0.2, 0) is 20.9 Å². The summed E-state index contributed by atoms with van der Waals surface area (Å²) < 4.78 is 6.56. The minimum Gasteiger partial charge on any atom is -0.480 e. The molecule has 0 bridgehead atoms. The first-order chi connectivity index (χ1) is 17.1. The quantitative estimate of drug-likeness (QED) is 0.411. The lowest BCUT2D eigenvalue weighted by molar-refractivity contribution is -0.152. The fourth-order valence-electron chi connectivity index (χ4n) is 6.03. The summed E-state index contributed by atoms with van der Waals surface area (Å²) >= 11 is 12.6. The maximum Gasteiger partial charge on any atom is 0.326 e. The molecule has 194 valence electrons. The third-order valence-electron chi connectivity index (χ3n) is 7.66. The van der Waals surface area contributed by atoms with Crippen molar-refractivity contribution in [2.24, 2.45) is 17.3 Å². The van der Waals surface area contributed by atoms with Crippen molar-refractivity contribution >= 4 is 35.1 Å². The highest BCUT2D eigenvalue weighted by Gasteiger charge is 2.58. The molecule has 4 atom stereocenters. The highest BCUT2D eigenvalue weighted by molar-refractivity contribution is 6.33. The normalized spacial score (nSPS) is 24.9. The van der Waals surface area contributed by atoms with E-state index in [1.165, 1.54) is 0 Å². The summed E-state index contributed by atoms with van der Waals surface area (Å²) in [6, 6.07) is 13.3. The average molecular weight is 533 g/mol. The maximum absolute atomic E-state index is 13.9. The number of hydrogen-bond acceptors (Lipinski definition) is 3. The van der Waals surface area contributed by atoms with Gasteiger partial charge in [-0.3, -0.25) is 4.79 Å². The molecule has 1 aliphatic carbocycles. The average Bonchev–Trinajstić information content (AvgIpc) is 3.45. The number of rotatable bonds is 7. The molecule has 7 heteroatoms. The van der Waals surface area contributed by atoms with E-state index in [4.69, 9.17) is 27.9 Å². The van der Waals surface area contributed by atoms with Gasteiger partial charge in [0.1, 0.15) is 6.04 Å². The molecular formula is C29H35Cl2NO4. The zero-order valence-electron chi connectivity index (χ0n) is 21.1. The van der Waals surface area contributed by atoms with Crippen LogP contribution in [0.1, 0.15) is 70.0 Å². The van der Waals surface area contributed by atoms with Gasteiger partial charge in [0.05, 0.1) is 18.8 Å². The van der Waals surface area contributed by atoms with Crippen molar-refractivity contribution in [3.63, 3.8) is 0 Å². The van der Waals surface area contributed by atoms with Crippen LogP contribution < -0.4 is 0 Å². The molecule has 5 nitrogen and oxygen atoms in total. The fourth-order valence-corrected chi connectivity index (χ4v) is 6.40. The Morgan fingerprint density at radius 3 is 2.33 bits per heavy atom. The number of aliphatic carboxylic acids is 1. The lowest BCUT2D eigenvalue weighted by atomic mass is 9.73. The fraction of sp³-hybridized carbons (Fsp3) is 0.517. The van der Waals surface area contributed by atoms with Gasteiger partial charge in [-0.1, -0.05) is 87.1 Å². The molecular weight excluding hydrogens is 497 g/mol. The van der Waals surface area contributed by atoms with Gasteiger partial charge in [0.2, 0.25) is 5.91 Å². The van der Waals surface area contributed by atoms with Gasteiger partial charge < -0.3 is 14.7 Å². The van der Waals surface area contributed by atoms with Crippen LogP contribution in [0.25, 0.3) is 0 Å². The first kappa shape index (κ1) is 27.0. The van der Waals surface area contributed by atoms with Gasteiger partial charge >= 0.3 is 5.97 Å². The molecule has 2 fully saturated rings. The molecule has 0 radical (unpaired) electrons. The molecule has 0 spiro atoms. The number of carbonyl (C=O) groups excluding carboxylic acids is 1. The summed E-state index contributed by atoms with van der Waals surface area (Å²) in [5.74, 6) is -1.24. The van der Waals surface area contributed by atoms with Crippen molar-refractivity contribution in [1.29, 1.82) is 0 Å². The molecule has 1 saturated heterocycles. The van der Waals surface area contributed by atoms with Crippen LogP contribution >= 0.6 is 23.2 Å². The largest absolute Gasteiger partial charge is 0.480 e. The van der Waals surface area contributed by atoms with Gasteiger partial charge in [-0.25, -0.2) is 4.79 Å². The Kier molecular flexibility index (Phi) is 8.33. The molecule has 1 aliphatic heterocycles. The molecule has 1 unspecified atom stereocenters. The van der Waals surface area contributed by atoms with Gasteiger partial charge in [0.15, 0.2) is 0 Å². The van der Waals surface area contributed by atoms with Crippen molar-refractivity contribution in [3.8, 4) is 0 Å². The van der Waals surface area contributed by atoms with E-state index in [1.54, 1.807) is 23.1 Å². The number of likely N-dealkylation sites (tertiary alicyclic amines) is 1. The summed E-state index contributed by atoms with van der Waals surface area (Å²) in [5, 5.41) is 11.6. The standard InChI is InChI=1S/C29H35Cl2NO4/c1-29(2,3)24-26(28(34)35)32(23(33)15-18-9-7-8-10-18)25(19-11-5-4-6-12-19)27(24)36-17-20-16-21(30)13-14-22(20)31/h4-6,11-14,16,18,24-27H,7-10,15,17H2,1-3H3,(H,34,35)/t24-,25+,26+,27?/m0/s1. The summed E-state index contributed by atoms with van der Waals surface area (Å²) in [4.78, 5) is 28.3. The molecule has 36 heavy (non-hydrogen) atoms. The summed E-state index contributed by atoms with van der Waals surface area (Å²) in [7, 11) is 0. The molecule has 1 amide bonds. The second-order valence-corrected chi connectivity index (χ2v) is 12.0. The minimum absolute atomic E-state index is 0.107. The van der Waals surface area contributed by atoms with E-state index in [0.29, 0.717) is 22.4 Å². The molecule has 2 aliphatic rings. The van der Waals surface area contributed by atoms with E-state index in [-0.39, 0.29) is 12.5 Å². The SMILES string of the molecule is CC(C)(C)[C@@H]1C(OCc2cc(Cl)ccc2Cl)[C@@H](c2ccccc2)N(C(=O)CC2CCCC2)[C@H]1C(=O)O. The number of carbonyl (C=O) groups is 2. The van der Waals surface area contributed by atoms with Crippen LogP contribution in [0.3, 0.4) is 0 Å². The third kappa shape index (κ3) is 5.74. The van der Waals surface area contributed by atoms with Crippen LogP contribution in [0.15, 0.2) is 48.5 Å². The Balaban J connectivity index is 1.77. The van der Waals surface area contributed by atoms with Crippen LogP contribution in [0.5, 0.6) is 0 Å². The van der Waals surface area contributed by atoms with E-state index in [9.17, 15) is 14.7 Å². The van der Waals surface area contributed by atoms with Gasteiger partial charge in [0.25, 0.3) is 0 Å². The highest BCUT2D eigenvalue weighted by atomic mass is 35.5. The minimum atomic E-state index is -0.998. The zero-order chi connectivity index (χ0) is 26.0. The van der Waals surface area contributed by atoms with Crippen LogP contribution in [0, 0.1) is 17.3 Å². The second kappa shape index (κ2) is 11.1. The van der Waals surface area contributed by atoms with Crippen LogP contribution in [0.2, 0.25) is 10.0 Å². The monoisotopic (exact) mass is 531 g/mol. The number of carboxylic acid groups (broad SMARTS) is 1. The number of ether oxygens (including phenoxy) is 1. The van der Waals surface area contributed by atoms with Gasteiger partial charge in [-0.15, -0.1) is 0 Å². The van der Waals surface area contributed by atoms with Gasteiger partial charge in [0, 0.05) is 22.4 Å². The number of amides is 1. The first-order valence-electron chi connectivity index (χ1n) is 12.7. The molecule has 2 aromatic carbocycles. The van der Waals surface area contributed by atoms with E-state index in [2.05, 4.69) is 0 Å². The number of benzene rings is 2. The predicted octanol–water partition coefficient (Wildman–Crippen LogP) is 7.16. The zero-order valence-corrected chi connectivity index (χ0v) is 22.6. The Bertz CT molecular complexity index is 1080. The Morgan fingerprint density at radius 1 is 1.06 bits per heavy atom. The van der Waals surface area contributed by atoms with E-state index >= 15 is 0 Å². The topological polar surface area (TPSA) is 66.8 Å². The van der Waals surface area contributed by atoms with Crippen LogP contribution in [0.4, 0.5) is 0 Å². The van der Waals surface area contributed by atoms with Gasteiger partial charge in [-0.05, 0) is 53.5 Å². The third-order valence-corrected chi connectivity index (χ3v) is 8.27. The smallest absolute Gasteiger partial charge is 0.326 e. The molecule has 0 aromatic heterocycles. The van der Waals surface area contributed by atoms with Crippen molar-refractivity contribution in [1.82, 2.24) is 4.90 Å². The Labute approximate surface area is 223 Å². The van der Waals surface area contributed by atoms with Crippen molar-refractivity contribution in [3.05, 3.63) is 69.7 Å². The summed E-state index contributed by atoms with van der Waals surface area (Å²) in [6.07, 6.45) is 4.11. The lowest BCUT2D eigenvalue weighted by Gasteiger charge is -2.35. The Morgan fingerprint density at radius 2 is 1.72 bits per heavy atom. The molecule has 4 rings (SSSR count). The molecule has 1 N–H and O–H groups in total. The van der Waals surface area contributed by atoms with Crippen LogP contribution in [-0.4, -0.2) is 34.0 Å². The number of halogens is 2. The second-order valence-electron chi connectivity index (χ2n) is 11.2.